The minimum Gasteiger partial charge on any atom is -0.335 e. The first-order valence-electron chi connectivity index (χ1n) is 14.9. The summed E-state index contributed by atoms with van der Waals surface area (Å²) in [4.78, 5) is 33.7. The van der Waals surface area contributed by atoms with Crippen LogP contribution in [-0.2, 0) is 19.3 Å². The van der Waals surface area contributed by atoms with Gasteiger partial charge in [-0.2, -0.15) is 13.2 Å². The zero-order valence-corrected chi connectivity index (χ0v) is 25.1. The molecule has 0 unspecified atom stereocenters. The van der Waals surface area contributed by atoms with Gasteiger partial charge in [0.2, 0.25) is 0 Å². The van der Waals surface area contributed by atoms with E-state index in [1.807, 2.05) is 45.9 Å². The molecule has 4 aromatic rings. The third kappa shape index (κ3) is 5.52. The van der Waals surface area contributed by atoms with Crippen molar-refractivity contribution in [3.8, 4) is 11.1 Å². The molecule has 0 radical (unpaired) electrons. The lowest BCUT2D eigenvalue weighted by molar-refractivity contribution is -0.137. The second kappa shape index (κ2) is 11.6. The highest BCUT2D eigenvalue weighted by molar-refractivity contribution is 6.07. The number of aromatic nitrogens is 1. The molecular formula is C35H35F3N4O2. The fourth-order valence-electron chi connectivity index (χ4n) is 6.35. The number of rotatable bonds is 4. The molecule has 2 aliphatic heterocycles. The van der Waals surface area contributed by atoms with Gasteiger partial charge in [-0.3, -0.25) is 14.5 Å². The predicted octanol–water partition coefficient (Wildman–Crippen LogP) is 6.86. The largest absolute Gasteiger partial charge is 0.417 e. The molecule has 0 saturated carbocycles. The van der Waals surface area contributed by atoms with Crippen LogP contribution in [0.3, 0.4) is 0 Å². The summed E-state index contributed by atoms with van der Waals surface area (Å²) in [6.07, 6.45) is -4.50. The second-order valence-electron chi connectivity index (χ2n) is 11.8. The third-order valence-electron chi connectivity index (χ3n) is 8.79. The van der Waals surface area contributed by atoms with Crippen molar-refractivity contribution in [3.63, 3.8) is 0 Å². The quantitative estimate of drug-likeness (QED) is 0.257. The molecule has 3 heterocycles. The molecule has 228 valence electrons. The molecule has 6 nitrogen and oxygen atoms in total. The Kier molecular flexibility index (Phi) is 7.84. The maximum atomic E-state index is 14.1. The van der Waals surface area contributed by atoms with E-state index in [4.69, 9.17) is 0 Å². The Bertz CT molecular complexity index is 1720. The Morgan fingerprint density at radius 3 is 2.18 bits per heavy atom. The summed E-state index contributed by atoms with van der Waals surface area (Å²) in [5.74, 6) is -0.272. The molecule has 0 atom stereocenters. The standard InChI is InChI=1S/C35H35F3N4O2/c1-23(2)39-16-18-40(19-17-39)34(44)32-15-13-27-22-42(31-11-7-4-8-26(31)21-41(27)32)33(43)25-12-14-28(24(3)20-25)29-9-5-6-10-30(29)35(36,37)38/h4-15,20,23H,16-19,21-22H2,1-3H3. The molecule has 0 bridgehead atoms. The number of carbonyl (C=O) groups is 2. The molecule has 2 amide bonds. The Balaban J connectivity index is 1.30. The van der Waals surface area contributed by atoms with E-state index in [1.165, 1.54) is 12.1 Å². The zero-order chi connectivity index (χ0) is 31.2. The number of fused-ring (bicyclic) bond motifs is 2. The van der Waals surface area contributed by atoms with Gasteiger partial charge in [-0.15, -0.1) is 0 Å². The van der Waals surface area contributed by atoms with Gasteiger partial charge in [0.1, 0.15) is 5.69 Å². The monoisotopic (exact) mass is 600 g/mol. The van der Waals surface area contributed by atoms with Crippen molar-refractivity contribution in [2.24, 2.45) is 0 Å². The summed E-state index contributed by atoms with van der Waals surface area (Å²) in [6, 6.07) is 22.2. The number of benzene rings is 3. The van der Waals surface area contributed by atoms with Crippen LogP contribution >= 0.6 is 0 Å². The average molecular weight is 601 g/mol. The molecule has 0 aliphatic carbocycles. The number of nitrogens with zero attached hydrogens (tertiary/aromatic N) is 4. The second-order valence-corrected chi connectivity index (χ2v) is 11.8. The van der Waals surface area contributed by atoms with Crippen molar-refractivity contribution in [1.29, 1.82) is 0 Å². The van der Waals surface area contributed by atoms with E-state index in [0.717, 1.165) is 36.1 Å². The maximum Gasteiger partial charge on any atom is 0.417 e. The summed E-state index contributed by atoms with van der Waals surface area (Å²) in [5, 5.41) is 0. The van der Waals surface area contributed by atoms with Gasteiger partial charge < -0.3 is 14.4 Å². The first kappa shape index (κ1) is 29.7. The Hall–Kier alpha value is -4.37. The molecule has 2 aliphatic rings. The normalized spacial score (nSPS) is 15.6. The molecule has 1 fully saturated rings. The van der Waals surface area contributed by atoms with Crippen LogP contribution in [0.1, 0.15) is 57.1 Å². The van der Waals surface area contributed by atoms with Crippen LogP contribution in [0.2, 0.25) is 0 Å². The lowest BCUT2D eigenvalue weighted by Gasteiger charge is -2.37. The Labute approximate surface area is 255 Å². The lowest BCUT2D eigenvalue weighted by atomic mass is 9.94. The maximum absolute atomic E-state index is 14.1. The van der Waals surface area contributed by atoms with Crippen molar-refractivity contribution in [1.82, 2.24) is 14.4 Å². The number of halogens is 3. The number of hydrogen-bond donors (Lipinski definition) is 0. The fourth-order valence-corrected chi connectivity index (χ4v) is 6.35. The van der Waals surface area contributed by atoms with Gasteiger partial charge in [-0.1, -0.05) is 42.5 Å². The fraction of sp³-hybridized carbons (Fsp3) is 0.314. The van der Waals surface area contributed by atoms with E-state index in [1.54, 1.807) is 36.1 Å². The number of anilines is 1. The van der Waals surface area contributed by atoms with Crippen molar-refractivity contribution in [2.45, 2.75) is 46.1 Å². The molecular weight excluding hydrogens is 565 g/mol. The smallest absolute Gasteiger partial charge is 0.335 e. The SMILES string of the molecule is Cc1cc(C(=O)N2Cc3ccc(C(=O)N4CCN(C(C)C)CC4)n3Cc3ccccc32)ccc1-c1ccccc1C(F)(F)F. The molecule has 9 heteroatoms. The van der Waals surface area contributed by atoms with Gasteiger partial charge in [0.15, 0.2) is 0 Å². The van der Waals surface area contributed by atoms with Crippen LogP contribution in [0.5, 0.6) is 0 Å². The van der Waals surface area contributed by atoms with Crippen LogP contribution in [0.25, 0.3) is 11.1 Å². The van der Waals surface area contributed by atoms with Crippen LogP contribution < -0.4 is 4.90 Å². The Morgan fingerprint density at radius 2 is 1.48 bits per heavy atom. The number of alkyl halides is 3. The van der Waals surface area contributed by atoms with E-state index in [-0.39, 0.29) is 23.9 Å². The zero-order valence-electron chi connectivity index (χ0n) is 25.1. The number of piperazine rings is 1. The number of aryl methyl sites for hydroxylation is 1. The molecule has 1 aromatic heterocycles. The highest BCUT2D eigenvalue weighted by Gasteiger charge is 2.34. The van der Waals surface area contributed by atoms with Crippen LogP contribution in [-0.4, -0.2) is 58.4 Å². The van der Waals surface area contributed by atoms with E-state index in [2.05, 4.69) is 18.7 Å². The number of amides is 2. The topological polar surface area (TPSA) is 48.8 Å². The molecule has 3 aromatic carbocycles. The van der Waals surface area contributed by atoms with Gasteiger partial charge in [0, 0.05) is 49.2 Å². The number of hydrogen-bond acceptors (Lipinski definition) is 3. The minimum atomic E-state index is -4.50. The lowest BCUT2D eigenvalue weighted by Crippen LogP contribution is -2.51. The summed E-state index contributed by atoms with van der Waals surface area (Å²) in [7, 11) is 0. The molecule has 0 N–H and O–H groups in total. The minimum absolute atomic E-state index is 0.0118. The van der Waals surface area contributed by atoms with Gasteiger partial charge in [0.25, 0.3) is 11.8 Å². The van der Waals surface area contributed by atoms with E-state index >= 15 is 0 Å². The number of carbonyl (C=O) groups excluding carboxylic acids is 2. The van der Waals surface area contributed by atoms with Crippen LogP contribution in [0.15, 0.2) is 78.9 Å². The summed E-state index contributed by atoms with van der Waals surface area (Å²) in [5.41, 5.74) is 3.84. The van der Waals surface area contributed by atoms with E-state index in [9.17, 15) is 22.8 Å². The van der Waals surface area contributed by atoms with Gasteiger partial charge >= 0.3 is 6.18 Å². The number of para-hydroxylation sites is 1. The van der Waals surface area contributed by atoms with Crippen molar-refractivity contribution < 1.29 is 22.8 Å². The summed E-state index contributed by atoms with van der Waals surface area (Å²) >= 11 is 0. The van der Waals surface area contributed by atoms with E-state index in [0.29, 0.717) is 48.1 Å². The highest BCUT2D eigenvalue weighted by atomic mass is 19.4. The van der Waals surface area contributed by atoms with Crippen molar-refractivity contribution in [2.75, 3.05) is 31.1 Å². The van der Waals surface area contributed by atoms with Gasteiger partial charge in [-0.05, 0) is 79.4 Å². The third-order valence-corrected chi connectivity index (χ3v) is 8.79. The molecule has 0 spiro atoms. The molecule has 1 saturated heterocycles. The summed E-state index contributed by atoms with van der Waals surface area (Å²) < 4.78 is 43.2. The highest BCUT2D eigenvalue weighted by Crippen LogP contribution is 2.38. The molecule has 44 heavy (non-hydrogen) atoms. The van der Waals surface area contributed by atoms with Crippen molar-refractivity contribution >= 4 is 17.5 Å². The predicted molar refractivity (Wildman–Crippen MR) is 165 cm³/mol. The van der Waals surface area contributed by atoms with Gasteiger partial charge in [-0.25, -0.2) is 0 Å². The van der Waals surface area contributed by atoms with Crippen molar-refractivity contribution in [3.05, 3.63) is 113 Å². The average Bonchev–Trinajstić information content (AvgIpc) is 3.32. The van der Waals surface area contributed by atoms with Crippen LogP contribution in [0, 0.1) is 6.92 Å². The first-order chi connectivity index (χ1) is 21.0. The Morgan fingerprint density at radius 1 is 0.773 bits per heavy atom. The first-order valence-corrected chi connectivity index (χ1v) is 14.9. The van der Waals surface area contributed by atoms with Crippen LogP contribution in [0.4, 0.5) is 18.9 Å². The van der Waals surface area contributed by atoms with E-state index < -0.39 is 11.7 Å². The summed E-state index contributed by atoms with van der Waals surface area (Å²) in [6.45, 7) is 9.76. The van der Waals surface area contributed by atoms with Gasteiger partial charge in [0.05, 0.1) is 18.7 Å². The molecule has 6 rings (SSSR count).